The number of nitrogens with one attached hydrogen (secondary N) is 1. The molecular formula is C10H14F3N3OS. The lowest BCUT2D eigenvalue weighted by molar-refractivity contribution is -0.125. The van der Waals surface area contributed by atoms with E-state index < -0.39 is 12.7 Å². The first-order valence-electron chi connectivity index (χ1n) is 5.33. The summed E-state index contributed by atoms with van der Waals surface area (Å²) in [6.45, 7) is 2.70. The van der Waals surface area contributed by atoms with Gasteiger partial charge in [-0.2, -0.15) is 13.2 Å². The van der Waals surface area contributed by atoms with Crippen LogP contribution in [0, 0.1) is 0 Å². The normalized spacial score (nSPS) is 11.6. The smallest absolute Gasteiger partial charge is 0.303 e. The number of amides is 1. The van der Waals surface area contributed by atoms with Crippen molar-refractivity contribution in [3.05, 3.63) is 11.1 Å². The van der Waals surface area contributed by atoms with E-state index in [1.165, 1.54) is 23.2 Å². The van der Waals surface area contributed by atoms with Crippen LogP contribution in [0.2, 0.25) is 0 Å². The Labute approximate surface area is 107 Å². The summed E-state index contributed by atoms with van der Waals surface area (Å²) in [5, 5.41) is 4.41. The van der Waals surface area contributed by atoms with Crippen molar-refractivity contribution >= 4 is 22.4 Å². The van der Waals surface area contributed by atoms with Gasteiger partial charge in [-0.1, -0.05) is 0 Å². The summed E-state index contributed by atoms with van der Waals surface area (Å²) in [4.78, 5) is 16.8. The van der Waals surface area contributed by atoms with Gasteiger partial charge in [0.15, 0.2) is 5.13 Å². The molecule has 0 saturated carbocycles. The molecule has 0 bridgehead atoms. The maximum Gasteiger partial charge on any atom is 0.401 e. The molecule has 4 nitrogen and oxygen atoms in total. The third kappa shape index (κ3) is 4.61. The molecule has 0 aromatic carbocycles. The highest BCUT2D eigenvalue weighted by Crippen LogP contribution is 2.20. The molecule has 102 valence electrons. The summed E-state index contributed by atoms with van der Waals surface area (Å²) in [6, 6.07) is 0. The molecule has 0 unspecified atom stereocenters. The Hall–Kier alpha value is -1.15. The highest BCUT2D eigenvalue weighted by Gasteiger charge is 2.26. The number of alkyl halides is 3. The molecule has 1 aromatic rings. The number of carbonyl (C=O) groups is 1. The van der Waals surface area contributed by atoms with E-state index in [1.807, 2.05) is 6.92 Å². The average Bonchev–Trinajstić information content (AvgIpc) is 2.65. The number of carbonyl (C=O) groups excluding carboxylic acids is 1. The fourth-order valence-corrected chi connectivity index (χ4v) is 2.26. The number of anilines is 1. The number of hydrogen-bond acceptors (Lipinski definition) is 4. The first-order valence-corrected chi connectivity index (χ1v) is 6.21. The van der Waals surface area contributed by atoms with Crippen molar-refractivity contribution in [2.24, 2.45) is 0 Å². The highest BCUT2D eigenvalue weighted by atomic mass is 32.1. The van der Waals surface area contributed by atoms with Crippen LogP contribution in [0.25, 0.3) is 0 Å². The molecule has 8 heteroatoms. The lowest BCUT2D eigenvalue weighted by Crippen LogP contribution is -2.29. The molecule has 0 spiro atoms. The van der Waals surface area contributed by atoms with Gasteiger partial charge in [0, 0.05) is 25.4 Å². The first-order chi connectivity index (χ1) is 8.33. The van der Waals surface area contributed by atoms with Crippen molar-refractivity contribution in [1.82, 2.24) is 10.3 Å². The predicted octanol–water partition coefficient (Wildman–Crippen LogP) is 2.17. The minimum absolute atomic E-state index is 0.0332. The van der Waals surface area contributed by atoms with E-state index in [1.54, 1.807) is 5.38 Å². The zero-order chi connectivity index (χ0) is 13.8. The molecule has 1 aromatic heterocycles. The molecule has 0 fully saturated rings. The van der Waals surface area contributed by atoms with Crippen LogP contribution in [0.15, 0.2) is 5.38 Å². The Morgan fingerprint density at radius 2 is 2.22 bits per heavy atom. The van der Waals surface area contributed by atoms with Gasteiger partial charge in [-0.05, 0) is 6.92 Å². The number of nitrogens with zero attached hydrogens (tertiary/aromatic N) is 2. The van der Waals surface area contributed by atoms with Gasteiger partial charge < -0.3 is 5.32 Å². The van der Waals surface area contributed by atoms with Gasteiger partial charge >= 0.3 is 6.18 Å². The van der Waals surface area contributed by atoms with Gasteiger partial charge in [0.2, 0.25) is 5.91 Å². The lowest BCUT2D eigenvalue weighted by atomic mass is 10.4. The zero-order valence-corrected chi connectivity index (χ0v) is 10.9. The first kappa shape index (κ1) is 14.9. The van der Waals surface area contributed by atoms with E-state index in [2.05, 4.69) is 10.3 Å². The molecule has 18 heavy (non-hydrogen) atoms. The Kier molecular flexibility index (Phi) is 5.09. The summed E-state index contributed by atoms with van der Waals surface area (Å²) in [6.07, 6.45) is -4.23. The van der Waals surface area contributed by atoms with Crippen LogP contribution < -0.4 is 10.2 Å². The van der Waals surface area contributed by atoms with Gasteiger partial charge in [0.1, 0.15) is 0 Å². The van der Waals surface area contributed by atoms with Crippen molar-refractivity contribution in [3.8, 4) is 0 Å². The highest BCUT2D eigenvalue weighted by molar-refractivity contribution is 7.14. The fourth-order valence-electron chi connectivity index (χ4n) is 1.33. The molecule has 0 saturated heterocycles. The van der Waals surface area contributed by atoms with Crippen molar-refractivity contribution < 1.29 is 18.0 Å². The molecule has 1 N–H and O–H groups in total. The molecule has 0 aliphatic carbocycles. The van der Waals surface area contributed by atoms with Gasteiger partial charge in [0.25, 0.3) is 0 Å². The monoisotopic (exact) mass is 281 g/mol. The summed E-state index contributed by atoms with van der Waals surface area (Å²) in [5.41, 5.74) is 0.499. The van der Waals surface area contributed by atoms with Crippen LogP contribution in [-0.2, 0) is 11.3 Å². The maximum atomic E-state index is 11.9. The van der Waals surface area contributed by atoms with Crippen molar-refractivity contribution in [2.45, 2.75) is 26.6 Å². The van der Waals surface area contributed by atoms with Crippen LogP contribution in [0.3, 0.4) is 0 Å². The Bertz CT molecular complexity index is 405. The lowest BCUT2D eigenvalue weighted by Gasteiger charge is -2.14. The van der Waals surface area contributed by atoms with Crippen LogP contribution in [0.1, 0.15) is 19.5 Å². The van der Waals surface area contributed by atoms with E-state index in [0.717, 1.165) is 0 Å². The third-order valence-electron chi connectivity index (χ3n) is 2.10. The number of rotatable bonds is 5. The zero-order valence-electron chi connectivity index (χ0n) is 10.0. The van der Waals surface area contributed by atoms with Gasteiger partial charge in [0.05, 0.1) is 12.2 Å². The van der Waals surface area contributed by atoms with Gasteiger partial charge in [-0.25, -0.2) is 4.98 Å². The minimum Gasteiger partial charge on any atom is -0.303 e. The summed E-state index contributed by atoms with van der Waals surface area (Å²) < 4.78 is 35.8. The van der Waals surface area contributed by atoms with Crippen LogP contribution in [0.4, 0.5) is 18.3 Å². The standard InChI is InChI=1S/C10H14F3N3OS/c1-3-16(7(2)17)9-15-8(5-18-9)4-14-6-10(11,12)13/h5,14H,3-4,6H2,1-2H3. The summed E-state index contributed by atoms with van der Waals surface area (Å²) in [7, 11) is 0. The van der Waals surface area contributed by atoms with Crippen molar-refractivity contribution in [1.29, 1.82) is 0 Å². The Morgan fingerprint density at radius 1 is 1.56 bits per heavy atom. The van der Waals surface area contributed by atoms with E-state index in [0.29, 0.717) is 17.4 Å². The van der Waals surface area contributed by atoms with E-state index >= 15 is 0 Å². The van der Waals surface area contributed by atoms with Crippen molar-refractivity contribution in [2.75, 3.05) is 18.0 Å². The molecule has 1 amide bonds. The predicted molar refractivity (Wildman–Crippen MR) is 63.6 cm³/mol. The van der Waals surface area contributed by atoms with Crippen LogP contribution in [-0.4, -0.2) is 30.2 Å². The SMILES string of the molecule is CCN(C(C)=O)c1nc(CNCC(F)(F)F)cs1. The quantitative estimate of drug-likeness (QED) is 0.899. The van der Waals surface area contributed by atoms with E-state index in [4.69, 9.17) is 0 Å². The molecular weight excluding hydrogens is 267 g/mol. The summed E-state index contributed by atoms with van der Waals surface area (Å²) >= 11 is 1.24. The minimum atomic E-state index is -4.23. The van der Waals surface area contributed by atoms with Crippen LogP contribution >= 0.6 is 11.3 Å². The molecule has 0 aliphatic heterocycles. The average molecular weight is 281 g/mol. The maximum absolute atomic E-state index is 11.9. The third-order valence-corrected chi connectivity index (χ3v) is 3.01. The second-order valence-corrected chi connectivity index (χ2v) is 4.44. The van der Waals surface area contributed by atoms with Crippen molar-refractivity contribution in [3.63, 3.8) is 0 Å². The Balaban J connectivity index is 2.55. The molecule has 0 aliphatic rings. The topological polar surface area (TPSA) is 45.2 Å². The molecule has 0 atom stereocenters. The molecule has 0 radical (unpaired) electrons. The second-order valence-electron chi connectivity index (χ2n) is 3.60. The molecule has 1 rings (SSSR count). The number of halogens is 3. The van der Waals surface area contributed by atoms with Gasteiger partial charge in [-0.3, -0.25) is 9.69 Å². The second kappa shape index (κ2) is 6.14. The van der Waals surface area contributed by atoms with E-state index in [-0.39, 0.29) is 12.5 Å². The number of aromatic nitrogens is 1. The van der Waals surface area contributed by atoms with E-state index in [9.17, 15) is 18.0 Å². The fraction of sp³-hybridized carbons (Fsp3) is 0.600. The Morgan fingerprint density at radius 3 is 2.72 bits per heavy atom. The summed E-state index contributed by atoms with van der Waals surface area (Å²) in [5.74, 6) is -0.137. The largest absolute Gasteiger partial charge is 0.401 e. The molecule has 1 heterocycles. The van der Waals surface area contributed by atoms with Crippen LogP contribution in [0.5, 0.6) is 0 Å². The number of thiazole rings is 1. The van der Waals surface area contributed by atoms with Gasteiger partial charge in [-0.15, -0.1) is 11.3 Å². The number of hydrogen-bond donors (Lipinski definition) is 1.